The van der Waals surface area contributed by atoms with E-state index in [1.54, 1.807) is 63.4 Å². The average molecular weight is 523 g/mol. The molecule has 0 N–H and O–H groups in total. The molecule has 0 aliphatic carbocycles. The second-order valence-electron chi connectivity index (χ2n) is 8.05. The number of carbonyl (C=O) groups excluding carboxylic acids is 2. The molecule has 1 atom stereocenters. The number of carbonyl (C=O) groups is 2. The highest BCUT2D eigenvalue weighted by Gasteiger charge is 2.33. The zero-order chi connectivity index (χ0) is 26.7. The summed E-state index contributed by atoms with van der Waals surface area (Å²) in [5.74, 6) is 0.387. The van der Waals surface area contributed by atoms with Gasteiger partial charge in [-0.1, -0.05) is 35.6 Å². The quantitative estimate of drug-likeness (QED) is 0.347. The van der Waals surface area contributed by atoms with E-state index in [0.29, 0.717) is 43.4 Å². The van der Waals surface area contributed by atoms with E-state index >= 15 is 0 Å². The number of para-hydroxylation sites is 1. The summed E-state index contributed by atoms with van der Waals surface area (Å²) in [6.45, 7) is 4.92. The lowest BCUT2D eigenvalue weighted by molar-refractivity contribution is -0.139. The van der Waals surface area contributed by atoms with Gasteiger partial charge in [0.15, 0.2) is 16.3 Å². The maximum Gasteiger partial charge on any atom is 0.338 e. The fourth-order valence-electron chi connectivity index (χ4n) is 4.16. The first kappa shape index (κ1) is 25.9. The van der Waals surface area contributed by atoms with Gasteiger partial charge >= 0.3 is 11.9 Å². The summed E-state index contributed by atoms with van der Waals surface area (Å²) in [6.07, 6.45) is 1.72. The largest absolute Gasteiger partial charge is 0.493 e. The first-order valence-electron chi connectivity index (χ1n) is 11.5. The lowest BCUT2D eigenvalue weighted by atomic mass is 9.96. The first-order valence-corrected chi connectivity index (χ1v) is 12.3. The van der Waals surface area contributed by atoms with Crippen molar-refractivity contribution < 1.29 is 28.5 Å². The van der Waals surface area contributed by atoms with Crippen molar-refractivity contribution in [3.8, 4) is 17.2 Å². The number of aromatic nitrogens is 1. The monoisotopic (exact) mass is 522 g/mol. The Labute approximate surface area is 216 Å². The van der Waals surface area contributed by atoms with Crippen LogP contribution in [0.15, 0.2) is 63.5 Å². The van der Waals surface area contributed by atoms with E-state index < -0.39 is 18.0 Å². The number of ether oxygens (including phenoxy) is 4. The molecule has 0 fully saturated rings. The predicted molar refractivity (Wildman–Crippen MR) is 138 cm³/mol. The number of fused-ring (bicyclic) bond motifs is 1. The number of thiazole rings is 1. The Morgan fingerprint density at radius 2 is 1.84 bits per heavy atom. The molecule has 10 heteroatoms. The molecule has 4 rings (SSSR count). The van der Waals surface area contributed by atoms with Crippen LogP contribution in [0.25, 0.3) is 6.08 Å². The van der Waals surface area contributed by atoms with Crippen molar-refractivity contribution in [1.29, 1.82) is 0 Å². The number of rotatable bonds is 7. The number of hydrogen-bond donors (Lipinski definition) is 0. The van der Waals surface area contributed by atoms with E-state index in [-0.39, 0.29) is 17.7 Å². The van der Waals surface area contributed by atoms with E-state index in [9.17, 15) is 14.4 Å². The van der Waals surface area contributed by atoms with Crippen LogP contribution in [-0.2, 0) is 14.3 Å². The summed E-state index contributed by atoms with van der Waals surface area (Å²) in [4.78, 5) is 43.1. The van der Waals surface area contributed by atoms with Crippen LogP contribution >= 0.6 is 11.3 Å². The molecule has 0 bridgehead atoms. The number of benzene rings is 2. The topological polar surface area (TPSA) is 105 Å². The number of methoxy groups -OCH3 is 2. The minimum atomic E-state index is -0.781. The van der Waals surface area contributed by atoms with Crippen molar-refractivity contribution in [1.82, 2.24) is 4.57 Å². The van der Waals surface area contributed by atoms with E-state index in [0.717, 1.165) is 0 Å². The molecule has 2 heterocycles. The molecule has 0 spiro atoms. The van der Waals surface area contributed by atoms with Crippen molar-refractivity contribution >= 4 is 29.4 Å². The SMILES string of the molecule is CCOC(=O)C1=C(C)N=c2s/c(=C\c3cccc(OC)c3OC)c(=O)n2C1c1ccc(OC(C)=O)cc1. The predicted octanol–water partition coefficient (Wildman–Crippen LogP) is 2.74. The van der Waals surface area contributed by atoms with Crippen molar-refractivity contribution in [2.45, 2.75) is 26.8 Å². The Morgan fingerprint density at radius 1 is 1.11 bits per heavy atom. The molecule has 1 unspecified atom stereocenters. The van der Waals surface area contributed by atoms with E-state index in [1.165, 1.54) is 29.9 Å². The number of esters is 2. The van der Waals surface area contributed by atoms with Crippen molar-refractivity contribution in [2.24, 2.45) is 4.99 Å². The van der Waals surface area contributed by atoms with Gasteiger partial charge in [-0.15, -0.1) is 0 Å². The molecule has 9 nitrogen and oxygen atoms in total. The highest BCUT2D eigenvalue weighted by atomic mass is 32.1. The van der Waals surface area contributed by atoms with Crippen molar-refractivity contribution in [3.05, 3.63) is 84.5 Å². The van der Waals surface area contributed by atoms with Crippen LogP contribution in [0.4, 0.5) is 0 Å². The van der Waals surface area contributed by atoms with Gasteiger partial charge in [0.1, 0.15) is 5.75 Å². The van der Waals surface area contributed by atoms with Crippen LogP contribution in [0, 0.1) is 0 Å². The third-order valence-corrected chi connectivity index (χ3v) is 6.68. The summed E-state index contributed by atoms with van der Waals surface area (Å²) < 4.78 is 23.2. The van der Waals surface area contributed by atoms with Gasteiger partial charge in [0.25, 0.3) is 5.56 Å². The summed E-state index contributed by atoms with van der Waals surface area (Å²) in [5, 5.41) is 0. The second-order valence-corrected chi connectivity index (χ2v) is 9.06. The second kappa shape index (κ2) is 10.8. The summed E-state index contributed by atoms with van der Waals surface area (Å²) in [6, 6.07) is 11.3. The fourth-order valence-corrected chi connectivity index (χ4v) is 5.20. The molecule has 0 amide bonds. The summed E-state index contributed by atoms with van der Waals surface area (Å²) >= 11 is 1.21. The minimum Gasteiger partial charge on any atom is -0.493 e. The summed E-state index contributed by atoms with van der Waals surface area (Å²) in [5.41, 5.74) is 1.70. The van der Waals surface area contributed by atoms with Crippen LogP contribution in [0.5, 0.6) is 17.2 Å². The molecule has 2 aromatic carbocycles. The lowest BCUT2D eigenvalue weighted by Gasteiger charge is -2.24. The maximum atomic E-state index is 13.8. The first-order chi connectivity index (χ1) is 17.8. The molecule has 0 saturated carbocycles. The fraction of sp³-hybridized carbons (Fsp3) is 0.259. The van der Waals surface area contributed by atoms with Gasteiger partial charge in [-0.3, -0.25) is 14.2 Å². The van der Waals surface area contributed by atoms with Crippen LogP contribution in [0.1, 0.15) is 37.9 Å². The van der Waals surface area contributed by atoms with Gasteiger partial charge in [0.2, 0.25) is 0 Å². The van der Waals surface area contributed by atoms with Crippen LogP contribution in [-0.4, -0.2) is 37.3 Å². The maximum absolute atomic E-state index is 13.8. The minimum absolute atomic E-state index is 0.174. The number of allylic oxidation sites excluding steroid dienone is 1. The highest BCUT2D eigenvalue weighted by Crippen LogP contribution is 2.33. The molecule has 37 heavy (non-hydrogen) atoms. The smallest absolute Gasteiger partial charge is 0.338 e. The van der Waals surface area contributed by atoms with Crippen molar-refractivity contribution in [3.63, 3.8) is 0 Å². The van der Waals surface area contributed by atoms with Gasteiger partial charge in [-0.2, -0.15) is 0 Å². The average Bonchev–Trinajstić information content (AvgIpc) is 3.17. The molecular formula is C27H26N2O7S. The van der Waals surface area contributed by atoms with Gasteiger partial charge < -0.3 is 18.9 Å². The molecule has 0 radical (unpaired) electrons. The Balaban J connectivity index is 1.93. The van der Waals surface area contributed by atoms with Gasteiger partial charge in [0.05, 0.1) is 42.7 Å². The van der Waals surface area contributed by atoms with Crippen LogP contribution in [0.2, 0.25) is 0 Å². The Hall–Kier alpha value is -4.18. The van der Waals surface area contributed by atoms with Gasteiger partial charge in [0, 0.05) is 12.5 Å². The lowest BCUT2D eigenvalue weighted by Crippen LogP contribution is -2.39. The summed E-state index contributed by atoms with van der Waals surface area (Å²) in [7, 11) is 3.08. The highest BCUT2D eigenvalue weighted by molar-refractivity contribution is 7.07. The number of nitrogens with zero attached hydrogens (tertiary/aromatic N) is 2. The van der Waals surface area contributed by atoms with Crippen LogP contribution < -0.4 is 29.1 Å². The van der Waals surface area contributed by atoms with E-state index in [4.69, 9.17) is 18.9 Å². The normalized spacial score (nSPS) is 15.1. The van der Waals surface area contributed by atoms with Crippen molar-refractivity contribution in [2.75, 3.05) is 20.8 Å². The number of hydrogen-bond acceptors (Lipinski definition) is 9. The molecule has 192 valence electrons. The molecule has 1 aliphatic rings. The third-order valence-electron chi connectivity index (χ3n) is 5.69. The molecular weight excluding hydrogens is 496 g/mol. The molecule has 1 aliphatic heterocycles. The molecule has 0 saturated heterocycles. The molecule has 1 aromatic heterocycles. The zero-order valence-electron chi connectivity index (χ0n) is 21.1. The zero-order valence-corrected chi connectivity index (χ0v) is 21.9. The Kier molecular flexibility index (Phi) is 7.58. The Bertz CT molecular complexity index is 1570. The van der Waals surface area contributed by atoms with Gasteiger partial charge in [-0.05, 0) is 43.7 Å². The van der Waals surface area contributed by atoms with E-state index in [2.05, 4.69) is 4.99 Å². The molecule has 3 aromatic rings. The Morgan fingerprint density at radius 3 is 2.46 bits per heavy atom. The van der Waals surface area contributed by atoms with Crippen LogP contribution in [0.3, 0.4) is 0 Å². The van der Waals surface area contributed by atoms with Gasteiger partial charge in [-0.25, -0.2) is 9.79 Å². The standard InChI is InChI=1S/C27H26N2O7S/c1-6-35-26(32)22-15(2)28-27-29(23(22)17-10-12-19(13-11-17)36-16(3)30)25(31)21(37-27)14-18-8-7-9-20(33-4)24(18)34-5/h7-14,23H,6H2,1-5H3/b21-14-. The van der Waals surface area contributed by atoms with E-state index in [1.807, 2.05) is 6.07 Å². The third kappa shape index (κ3) is 5.05.